The molecule has 7 nitrogen and oxygen atoms in total. The minimum atomic E-state index is -0.258. The predicted octanol–water partition coefficient (Wildman–Crippen LogP) is 5.27. The van der Waals surface area contributed by atoms with Crippen LogP contribution < -0.4 is 11.1 Å². The highest BCUT2D eigenvalue weighted by atomic mass is 16.1. The zero-order valence-corrected chi connectivity index (χ0v) is 20.3. The summed E-state index contributed by atoms with van der Waals surface area (Å²) in [6.45, 7) is 9.26. The number of amides is 1. The highest BCUT2D eigenvalue weighted by molar-refractivity contribution is 6.10. The number of nitrogen functional groups attached to an aromatic ring is 1. The number of fused-ring (bicyclic) bond motifs is 2. The van der Waals surface area contributed by atoms with Crippen LogP contribution in [0.4, 0.5) is 5.82 Å². The molecule has 0 aliphatic heterocycles. The van der Waals surface area contributed by atoms with Gasteiger partial charge in [0.2, 0.25) is 0 Å². The van der Waals surface area contributed by atoms with Crippen molar-refractivity contribution >= 4 is 40.1 Å². The second-order valence-electron chi connectivity index (χ2n) is 9.54. The maximum atomic E-state index is 13.1. The Hall–Kier alpha value is -3.74. The molecule has 0 aliphatic rings. The number of carbonyl (C=O) groups excluding carboxylic acids is 1. The normalized spacial score (nSPS) is 12.1. The largest absolute Gasteiger partial charge is 0.383 e. The fraction of sp³-hybridized carbons (Fsp3) is 0.333. The Morgan fingerprint density at radius 2 is 1.74 bits per heavy atom. The molecule has 0 fully saturated rings. The lowest BCUT2D eigenvalue weighted by atomic mass is 9.87. The number of carbonyl (C=O) groups is 1. The molecular formula is C27H32N6O. The lowest BCUT2D eigenvalue weighted by Crippen LogP contribution is -2.25. The average Bonchev–Trinajstić information content (AvgIpc) is 3.08. The standard InChI is InChI=1S/C27H32N6O/c1-5-6-9-16-29-26(34)22-23-25(32-21-11-8-7-10-20(21)31-23)33(24(22)28)30-17-18-12-14-19(15-13-18)27(2,3)4/h7-8,10-15,17H,5-6,9,16,28H2,1-4H3,(H,29,34)/b30-17+. The Kier molecular flexibility index (Phi) is 6.63. The van der Waals surface area contributed by atoms with Gasteiger partial charge in [-0.15, -0.1) is 0 Å². The molecule has 2 aromatic heterocycles. The SMILES string of the molecule is CCCCCNC(=O)c1c(N)n(/N=C/c2ccc(C(C)(C)C)cc2)c2nc3ccccc3nc12. The van der Waals surface area contributed by atoms with E-state index >= 15 is 0 Å². The second-order valence-corrected chi connectivity index (χ2v) is 9.54. The van der Waals surface area contributed by atoms with Gasteiger partial charge in [0.25, 0.3) is 5.91 Å². The monoisotopic (exact) mass is 456 g/mol. The number of nitrogens with one attached hydrogen (secondary N) is 1. The molecule has 4 aromatic rings. The van der Waals surface area contributed by atoms with Gasteiger partial charge in [-0.05, 0) is 35.1 Å². The molecule has 2 aromatic carbocycles. The van der Waals surface area contributed by atoms with Crippen molar-refractivity contribution in [2.75, 3.05) is 12.3 Å². The Bertz CT molecular complexity index is 1350. The van der Waals surface area contributed by atoms with E-state index in [9.17, 15) is 4.79 Å². The van der Waals surface area contributed by atoms with E-state index in [0.717, 1.165) is 24.8 Å². The summed E-state index contributed by atoms with van der Waals surface area (Å²) in [6.07, 6.45) is 4.78. The highest BCUT2D eigenvalue weighted by Crippen LogP contribution is 2.28. The van der Waals surface area contributed by atoms with Gasteiger partial charge in [-0.25, -0.2) is 9.97 Å². The molecule has 1 amide bonds. The van der Waals surface area contributed by atoms with Crippen LogP contribution in [0.25, 0.3) is 22.2 Å². The fourth-order valence-corrected chi connectivity index (χ4v) is 3.85. The van der Waals surface area contributed by atoms with Crippen molar-refractivity contribution in [1.29, 1.82) is 0 Å². The van der Waals surface area contributed by atoms with Crippen LogP contribution in [-0.4, -0.2) is 33.3 Å². The van der Waals surface area contributed by atoms with Crippen LogP contribution in [-0.2, 0) is 5.41 Å². The number of nitrogens with two attached hydrogens (primary N) is 1. The molecule has 0 radical (unpaired) electrons. The van der Waals surface area contributed by atoms with Crippen molar-refractivity contribution in [3.63, 3.8) is 0 Å². The number of aromatic nitrogens is 3. The average molecular weight is 457 g/mol. The minimum absolute atomic E-state index is 0.0762. The van der Waals surface area contributed by atoms with Crippen molar-refractivity contribution in [3.8, 4) is 0 Å². The molecular weight excluding hydrogens is 424 g/mol. The molecule has 2 heterocycles. The van der Waals surface area contributed by atoms with Gasteiger partial charge in [-0.2, -0.15) is 9.78 Å². The van der Waals surface area contributed by atoms with E-state index in [-0.39, 0.29) is 17.1 Å². The first-order valence-corrected chi connectivity index (χ1v) is 11.8. The van der Waals surface area contributed by atoms with Gasteiger partial charge in [0.1, 0.15) is 16.9 Å². The first-order chi connectivity index (χ1) is 16.3. The van der Waals surface area contributed by atoms with Gasteiger partial charge >= 0.3 is 0 Å². The van der Waals surface area contributed by atoms with Gasteiger partial charge < -0.3 is 11.1 Å². The number of hydrogen-bond donors (Lipinski definition) is 2. The molecule has 7 heteroatoms. The molecule has 0 unspecified atom stereocenters. The third-order valence-corrected chi connectivity index (χ3v) is 5.87. The van der Waals surface area contributed by atoms with E-state index in [0.29, 0.717) is 34.3 Å². The summed E-state index contributed by atoms with van der Waals surface area (Å²) >= 11 is 0. The summed E-state index contributed by atoms with van der Waals surface area (Å²) in [5.41, 5.74) is 11.3. The first kappa shape index (κ1) is 23.4. The molecule has 0 spiro atoms. The van der Waals surface area contributed by atoms with E-state index in [1.54, 1.807) is 6.21 Å². The molecule has 34 heavy (non-hydrogen) atoms. The second kappa shape index (κ2) is 9.63. The van der Waals surface area contributed by atoms with E-state index in [2.05, 4.69) is 50.2 Å². The van der Waals surface area contributed by atoms with Crippen molar-refractivity contribution in [2.24, 2.45) is 5.10 Å². The predicted molar refractivity (Wildman–Crippen MR) is 139 cm³/mol. The smallest absolute Gasteiger partial charge is 0.257 e. The zero-order valence-electron chi connectivity index (χ0n) is 20.3. The van der Waals surface area contributed by atoms with Gasteiger partial charge in [-0.1, -0.05) is 76.9 Å². The molecule has 0 atom stereocenters. The molecule has 176 valence electrons. The number of benzene rings is 2. The van der Waals surface area contributed by atoms with Crippen LogP contribution in [0.1, 0.15) is 68.4 Å². The molecule has 0 bridgehead atoms. The number of rotatable bonds is 7. The Morgan fingerprint density at radius 1 is 1.06 bits per heavy atom. The van der Waals surface area contributed by atoms with Gasteiger partial charge in [0.05, 0.1) is 17.2 Å². The highest BCUT2D eigenvalue weighted by Gasteiger charge is 2.24. The Labute approximate surface area is 200 Å². The third-order valence-electron chi connectivity index (χ3n) is 5.87. The Balaban J connectivity index is 1.76. The summed E-state index contributed by atoms with van der Waals surface area (Å²) < 4.78 is 1.51. The van der Waals surface area contributed by atoms with Crippen LogP contribution in [0, 0.1) is 0 Å². The van der Waals surface area contributed by atoms with Crippen LogP contribution in [0.15, 0.2) is 53.6 Å². The number of unbranched alkanes of at least 4 members (excludes halogenated alkanes) is 2. The zero-order chi connectivity index (χ0) is 24.3. The van der Waals surface area contributed by atoms with Gasteiger partial charge in [0.15, 0.2) is 5.65 Å². The topological polar surface area (TPSA) is 98.2 Å². The van der Waals surface area contributed by atoms with Gasteiger partial charge in [0, 0.05) is 6.54 Å². The summed E-state index contributed by atoms with van der Waals surface area (Å²) in [5, 5.41) is 7.57. The maximum absolute atomic E-state index is 13.1. The van der Waals surface area contributed by atoms with Crippen LogP contribution in [0.2, 0.25) is 0 Å². The van der Waals surface area contributed by atoms with Gasteiger partial charge in [-0.3, -0.25) is 4.79 Å². The van der Waals surface area contributed by atoms with Crippen LogP contribution in [0.3, 0.4) is 0 Å². The lowest BCUT2D eigenvalue weighted by molar-refractivity contribution is 0.0955. The fourth-order valence-electron chi connectivity index (χ4n) is 3.85. The quantitative estimate of drug-likeness (QED) is 0.292. The van der Waals surface area contributed by atoms with Crippen molar-refractivity contribution in [3.05, 3.63) is 65.2 Å². The molecule has 0 saturated heterocycles. The summed E-state index contributed by atoms with van der Waals surface area (Å²) in [7, 11) is 0. The maximum Gasteiger partial charge on any atom is 0.257 e. The Morgan fingerprint density at radius 3 is 2.38 bits per heavy atom. The van der Waals surface area contributed by atoms with Crippen molar-refractivity contribution < 1.29 is 4.79 Å². The molecule has 4 rings (SSSR count). The van der Waals surface area contributed by atoms with Crippen LogP contribution in [0.5, 0.6) is 0 Å². The lowest BCUT2D eigenvalue weighted by Gasteiger charge is -2.18. The molecule has 0 aliphatic carbocycles. The third kappa shape index (κ3) is 4.78. The first-order valence-electron chi connectivity index (χ1n) is 11.8. The number of hydrogen-bond acceptors (Lipinski definition) is 5. The van der Waals surface area contributed by atoms with Crippen molar-refractivity contribution in [1.82, 2.24) is 20.0 Å². The molecule has 3 N–H and O–H groups in total. The molecule has 0 saturated carbocycles. The van der Waals surface area contributed by atoms with E-state index < -0.39 is 0 Å². The van der Waals surface area contributed by atoms with Crippen molar-refractivity contribution in [2.45, 2.75) is 52.4 Å². The minimum Gasteiger partial charge on any atom is -0.383 e. The summed E-state index contributed by atoms with van der Waals surface area (Å²) in [6, 6.07) is 15.8. The summed E-state index contributed by atoms with van der Waals surface area (Å²) in [5.74, 6) is -0.0347. The summed E-state index contributed by atoms with van der Waals surface area (Å²) in [4.78, 5) is 22.5. The van der Waals surface area contributed by atoms with Crippen LogP contribution >= 0.6 is 0 Å². The number of anilines is 1. The van der Waals surface area contributed by atoms with E-state index in [1.807, 2.05) is 36.4 Å². The number of para-hydroxylation sites is 2. The van der Waals surface area contributed by atoms with E-state index in [4.69, 9.17) is 15.7 Å². The van der Waals surface area contributed by atoms with E-state index in [1.165, 1.54) is 10.2 Å². The number of nitrogens with zero attached hydrogens (tertiary/aromatic N) is 4.